The van der Waals surface area contributed by atoms with Crippen molar-refractivity contribution in [3.8, 4) is 0 Å². The molecule has 9 nitrogen and oxygen atoms in total. The molecule has 0 radical (unpaired) electrons. The molecule has 1 fully saturated rings. The second-order valence-electron chi connectivity index (χ2n) is 6.12. The van der Waals surface area contributed by atoms with Gasteiger partial charge in [0.25, 0.3) is 0 Å². The van der Waals surface area contributed by atoms with Crippen molar-refractivity contribution in [2.24, 2.45) is 0 Å². The van der Waals surface area contributed by atoms with Gasteiger partial charge >= 0.3 is 0 Å². The van der Waals surface area contributed by atoms with E-state index >= 15 is 0 Å². The minimum Gasteiger partial charge on any atom is -0.368 e. The minimum atomic E-state index is -0.251. The van der Waals surface area contributed by atoms with Gasteiger partial charge in [-0.15, -0.1) is 0 Å². The third-order valence-corrected chi connectivity index (χ3v) is 4.10. The van der Waals surface area contributed by atoms with E-state index in [1.54, 1.807) is 23.4 Å². The van der Waals surface area contributed by atoms with Crippen molar-refractivity contribution in [1.82, 2.24) is 29.6 Å². The Morgan fingerprint density at radius 1 is 1.36 bits per heavy atom. The van der Waals surface area contributed by atoms with Gasteiger partial charge < -0.3 is 14.5 Å². The fourth-order valence-electron chi connectivity index (χ4n) is 2.85. The molecule has 0 aromatic carbocycles. The monoisotopic (exact) mass is 345 g/mol. The van der Waals surface area contributed by atoms with Crippen molar-refractivity contribution in [1.29, 1.82) is 0 Å². The maximum absolute atomic E-state index is 12.5. The number of carbonyl (C=O) groups is 1. The minimum absolute atomic E-state index is 0.128. The maximum atomic E-state index is 12.5. The molecule has 134 valence electrons. The number of aryl methyl sites for hydroxylation is 1. The molecule has 0 N–H and O–H groups in total. The predicted octanol–water partition coefficient (Wildman–Crippen LogP) is 0.514. The van der Waals surface area contributed by atoms with E-state index < -0.39 is 0 Å². The molecule has 2 aromatic heterocycles. The zero-order chi connectivity index (χ0) is 17.6. The van der Waals surface area contributed by atoms with Gasteiger partial charge in [0.15, 0.2) is 5.82 Å². The lowest BCUT2D eigenvalue weighted by Crippen LogP contribution is -2.42. The molecule has 3 heterocycles. The summed E-state index contributed by atoms with van der Waals surface area (Å²) in [6.07, 6.45) is 7.44. The van der Waals surface area contributed by atoms with Gasteiger partial charge in [-0.1, -0.05) is 0 Å². The summed E-state index contributed by atoms with van der Waals surface area (Å²) < 4.78 is 7.59. The van der Waals surface area contributed by atoms with Crippen LogP contribution in [0.2, 0.25) is 0 Å². The Kier molecular flexibility index (Phi) is 5.54. The maximum Gasteiger partial charge on any atom is 0.222 e. The summed E-state index contributed by atoms with van der Waals surface area (Å²) in [5.41, 5.74) is 0.771. The van der Waals surface area contributed by atoms with Crippen LogP contribution in [0.5, 0.6) is 0 Å². The normalized spacial score (nSPS) is 17.5. The van der Waals surface area contributed by atoms with E-state index in [-0.39, 0.29) is 12.0 Å². The van der Waals surface area contributed by atoms with Crippen LogP contribution in [0.3, 0.4) is 0 Å². The first kappa shape index (κ1) is 17.3. The van der Waals surface area contributed by atoms with Crippen LogP contribution in [-0.2, 0) is 16.1 Å². The molecular formula is C16H23N7O2. The average molecular weight is 345 g/mol. The van der Waals surface area contributed by atoms with Crippen LogP contribution in [0, 0.1) is 0 Å². The molecule has 1 amide bonds. The highest BCUT2D eigenvalue weighted by molar-refractivity contribution is 5.76. The number of anilines is 1. The van der Waals surface area contributed by atoms with E-state index in [4.69, 9.17) is 4.74 Å². The first-order valence-electron chi connectivity index (χ1n) is 8.35. The third-order valence-electron chi connectivity index (χ3n) is 4.10. The molecule has 3 rings (SSSR count). The first-order valence-corrected chi connectivity index (χ1v) is 8.35. The summed E-state index contributed by atoms with van der Waals surface area (Å²) in [4.78, 5) is 29.0. The number of morpholine rings is 1. The van der Waals surface area contributed by atoms with Gasteiger partial charge in [0.05, 0.1) is 13.2 Å². The number of aromatic nitrogens is 5. The van der Waals surface area contributed by atoms with Gasteiger partial charge in [0, 0.05) is 46.0 Å². The van der Waals surface area contributed by atoms with E-state index in [0.717, 1.165) is 17.9 Å². The van der Waals surface area contributed by atoms with Crippen molar-refractivity contribution in [2.75, 3.05) is 38.7 Å². The molecule has 1 aliphatic heterocycles. The molecule has 0 saturated carbocycles. The van der Waals surface area contributed by atoms with Crippen molar-refractivity contribution < 1.29 is 9.53 Å². The van der Waals surface area contributed by atoms with Gasteiger partial charge in [0.1, 0.15) is 24.5 Å². The number of hydrogen-bond acceptors (Lipinski definition) is 7. The Labute approximate surface area is 146 Å². The lowest BCUT2D eigenvalue weighted by molar-refractivity contribution is -0.139. The van der Waals surface area contributed by atoms with Gasteiger partial charge in [-0.3, -0.25) is 14.5 Å². The summed E-state index contributed by atoms with van der Waals surface area (Å²) in [6, 6.07) is 0. The van der Waals surface area contributed by atoms with Crippen molar-refractivity contribution in [2.45, 2.75) is 25.5 Å². The summed E-state index contributed by atoms with van der Waals surface area (Å²) in [5.74, 6) is 0.900. The number of ether oxygens (including phenoxy) is 1. The lowest BCUT2D eigenvalue weighted by atomic mass is 10.1. The summed E-state index contributed by atoms with van der Waals surface area (Å²) in [7, 11) is 3.84. The highest BCUT2D eigenvalue weighted by Crippen LogP contribution is 2.26. The average Bonchev–Trinajstić information content (AvgIpc) is 3.15. The van der Waals surface area contributed by atoms with E-state index in [0.29, 0.717) is 32.7 Å². The van der Waals surface area contributed by atoms with Crippen molar-refractivity contribution in [3.05, 3.63) is 30.7 Å². The molecule has 9 heteroatoms. The van der Waals surface area contributed by atoms with E-state index in [9.17, 15) is 4.79 Å². The lowest BCUT2D eigenvalue weighted by Gasteiger charge is -2.33. The fourth-order valence-corrected chi connectivity index (χ4v) is 2.85. The quantitative estimate of drug-likeness (QED) is 0.754. The van der Waals surface area contributed by atoms with E-state index in [1.807, 2.05) is 23.9 Å². The Morgan fingerprint density at radius 3 is 2.96 bits per heavy atom. The van der Waals surface area contributed by atoms with Crippen LogP contribution < -0.4 is 4.90 Å². The number of amides is 1. The second-order valence-corrected chi connectivity index (χ2v) is 6.12. The Morgan fingerprint density at radius 2 is 2.20 bits per heavy atom. The molecule has 2 aromatic rings. The summed E-state index contributed by atoms with van der Waals surface area (Å²) in [5, 5.41) is 4.04. The number of hydrogen-bond donors (Lipinski definition) is 0. The highest BCUT2D eigenvalue weighted by Gasteiger charge is 2.28. The van der Waals surface area contributed by atoms with Gasteiger partial charge in [-0.2, -0.15) is 5.10 Å². The van der Waals surface area contributed by atoms with Gasteiger partial charge in [-0.25, -0.2) is 9.97 Å². The van der Waals surface area contributed by atoms with Crippen LogP contribution >= 0.6 is 0 Å². The van der Waals surface area contributed by atoms with Crippen LogP contribution in [-0.4, -0.2) is 69.3 Å². The van der Waals surface area contributed by atoms with E-state index in [2.05, 4.69) is 20.1 Å². The standard InChI is InChI=1S/C16H23N7O2/c1-21(2)16-15(18-5-6-19-16)13-10-22(8-9-25-13)14(24)4-3-7-23-12-17-11-20-23/h5-6,11-13H,3-4,7-10H2,1-2H3. The molecule has 25 heavy (non-hydrogen) atoms. The molecule has 1 atom stereocenters. The molecule has 0 bridgehead atoms. The highest BCUT2D eigenvalue weighted by atomic mass is 16.5. The van der Waals surface area contributed by atoms with Crippen LogP contribution in [0.1, 0.15) is 24.6 Å². The molecule has 0 spiro atoms. The van der Waals surface area contributed by atoms with Crippen molar-refractivity contribution >= 4 is 11.7 Å². The Bertz CT molecular complexity index is 690. The smallest absolute Gasteiger partial charge is 0.222 e. The molecule has 1 unspecified atom stereocenters. The molecule has 1 aliphatic rings. The van der Waals surface area contributed by atoms with Crippen LogP contribution in [0.4, 0.5) is 5.82 Å². The zero-order valence-corrected chi connectivity index (χ0v) is 14.6. The number of rotatable bonds is 6. The summed E-state index contributed by atoms with van der Waals surface area (Å²) in [6.45, 7) is 2.30. The number of nitrogens with zero attached hydrogens (tertiary/aromatic N) is 7. The molecule has 1 saturated heterocycles. The van der Waals surface area contributed by atoms with Gasteiger partial charge in [0.2, 0.25) is 5.91 Å². The SMILES string of the molecule is CN(C)c1nccnc1C1CN(C(=O)CCCn2cncn2)CCO1. The second kappa shape index (κ2) is 8.02. The van der Waals surface area contributed by atoms with Crippen LogP contribution in [0.15, 0.2) is 25.0 Å². The summed E-state index contributed by atoms with van der Waals surface area (Å²) >= 11 is 0. The third kappa shape index (κ3) is 4.30. The van der Waals surface area contributed by atoms with E-state index in [1.165, 1.54) is 6.33 Å². The predicted molar refractivity (Wildman–Crippen MR) is 90.9 cm³/mol. The Balaban J connectivity index is 1.58. The molecule has 0 aliphatic carbocycles. The van der Waals surface area contributed by atoms with Crippen LogP contribution in [0.25, 0.3) is 0 Å². The Hall–Kier alpha value is -2.55. The van der Waals surface area contributed by atoms with Crippen molar-refractivity contribution in [3.63, 3.8) is 0 Å². The molecular weight excluding hydrogens is 322 g/mol. The number of carbonyl (C=O) groups excluding carboxylic acids is 1. The first-order chi connectivity index (χ1) is 12.1. The van der Waals surface area contributed by atoms with Gasteiger partial charge in [-0.05, 0) is 6.42 Å². The fraction of sp³-hybridized carbons (Fsp3) is 0.562. The largest absolute Gasteiger partial charge is 0.368 e. The zero-order valence-electron chi connectivity index (χ0n) is 14.6. The topological polar surface area (TPSA) is 89.3 Å².